The molecule has 0 fully saturated rings. The highest BCUT2D eigenvalue weighted by Gasteiger charge is 2.22. The molecule has 0 saturated heterocycles. The quantitative estimate of drug-likeness (QED) is 0.442. The van der Waals surface area contributed by atoms with Crippen molar-refractivity contribution in [2.45, 2.75) is 13.8 Å². The number of halogens is 1. The van der Waals surface area contributed by atoms with Crippen LogP contribution in [0.15, 0.2) is 24.3 Å². The summed E-state index contributed by atoms with van der Waals surface area (Å²) in [6.45, 7) is 4.71. The third-order valence-electron chi connectivity index (χ3n) is 2.49. The van der Waals surface area contributed by atoms with Gasteiger partial charge in [-0.3, -0.25) is 0 Å². The lowest BCUT2D eigenvalue weighted by Crippen LogP contribution is -2.05. The second-order valence-corrected chi connectivity index (χ2v) is 12.4. The van der Waals surface area contributed by atoms with Gasteiger partial charge in [0.25, 0.3) is 5.69 Å². The Kier molecular flexibility index (Phi) is 8.03. The lowest BCUT2D eigenvalue weighted by molar-refractivity contribution is 0.281. The Morgan fingerprint density at radius 3 is 2.46 bits per heavy atom. The molecule has 1 N–H and O–H groups in total. The zero-order valence-electron chi connectivity index (χ0n) is 12.9. The summed E-state index contributed by atoms with van der Waals surface area (Å²) in [6.07, 6.45) is 0. The van der Waals surface area contributed by atoms with Crippen molar-refractivity contribution in [3.63, 3.8) is 0 Å². The van der Waals surface area contributed by atoms with Crippen LogP contribution >= 0.6 is 52.2 Å². The van der Waals surface area contributed by atoms with Crippen LogP contribution in [0.4, 0.5) is 5.13 Å². The van der Waals surface area contributed by atoms with Gasteiger partial charge in [-0.15, -0.1) is 10.2 Å². The zero-order valence-corrected chi connectivity index (χ0v) is 17.8. The Bertz CT molecular complexity index is 731. The van der Waals surface area contributed by atoms with Gasteiger partial charge in [-0.25, -0.2) is 0 Å². The molecule has 130 valence electrons. The monoisotopic (exact) mass is 439 g/mol. The second-order valence-electron chi connectivity index (χ2n) is 4.21. The standard InChI is InChI=1S/C13H15ClN3O2PS4/c1-3-18-20(22,19-4-2)24-13(21)15-12-17-16-11(23-12)9-5-7-10(14)8-6-9/h5-8H,3-4H2,1-2H3,(H,15,17,21). The average Bonchev–Trinajstić information content (AvgIpc) is 2.96. The summed E-state index contributed by atoms with van der Waals surface area (Å²) in [5.74, 6) is 0. The lowest BCUT2D eigenvalue weighted by Gasteiger charge is -2.19. The van der Waals surface area contributed by atoms with Crippen LogP contribution in [0.1, 0.15) is 13.8 Å². The van der Waals surface area contributed by atoms with Crippen LogP contribution in [0.25, 0.3) is 10.6 Å². The first kappa shape index (κ1) is 20.2. The fourth-order valence-electron chi connectivity index (χ4n) is 1.60. The molecule has 5 nitrogen and oxygen atoms in total. The molecule has 1 aromatic heterocycles. The van der Waals surface area contributed by atoms with Crippen molar-refractivity contribution < 1.29 is 9.05 Å². The summed E-state index contributed by atoms with van der Waals surface area (Å²) in [7, 11) is 0. The van der Waals surface area contributed by atoms with E-state index in [0.717, 1.165) is 10.6 Å². The van der Waals surface area contributed by atoms with Gasteiger partial charge in [0.2, 0.25) is 5.13 Å². The predicted molar refractivity (Wildman–Crippen MR) is 112 cm³/mol. The van der Waals surface area contributed by atoms with Crippen molar-refractivity contribution >= 4 is 73.5 Å². The minimum atomic E-state index is -2.48. The summed E-state index contributed by atoms with van der Waals surface area (Å²) in [4.78, 5) is 0. The van der Waals surface area contributed by atoms with Crippen LogP contribution < -0.4 is 5.32 Å². The van der Waals surface area contributed by atoms with Gasteiger partial charge >= 0.3 is 0 Å². The van der Waals surface area contributed by atoms with Gasteiger partial charge in [0.15, 0.2) is 0 Å². The number of hydrogen-bond acceptors (Lipinski definition) is 8. The summed E-state index contributed by atoms with van der Waals surface area (Å²) in [5.41, 5.74) is -1.54. The molecule has 0 radical (unpaired) electrons. The van der Waals surface area contributed by atoms with Gasteiger partial charge in [0.1, 0.15) is 9.33 Å². The third-order valence-corrected chi connectivity index (χ3v) is 9.15. The molecule has 24 heavy (non-hydrogen) atoms. The smallest absolute Gasteiger partial charge is 0.254 e. The van der Waals surface area contributed by atoms with E-state index in [9.17, 15) is 0 Å². The number of benzene rings is 1. The van der Waals surface area contributed by atoms with Crippen LogP contribution in [-0.4, -0.2) is 27.7 Å². The van der Waals surface area contributed by atoms with Crippen molar-refractivity contribution in [1.82, 2.24) is 10.2 Å². The molecule has 0 aliphatic heterocycles. The molecule has 1 aromatic carbocycles. The highest BCUT2D eigenvalue weighted by Crippen LogP contribution is 2.61. The molecular formula is C13H15ClN3O2PS4. The van der Waals surface area contributed by atoms with Crippen molar-refractivity contribution in [2.75, 3.05) is 18.5 Å². The van der Waals surface area contributed by atoms with E-state index in [2.05, 4.69) is 15.5 Å². The lowest BCUT2D eigenvalue weighted by atomic mass is 10.2. The number of nitrogens with zero attached hydrogens (tertiary/aromatic N) is 2. The van der Waals surface area contributed by atoms with E-state index in [1.165, 1.54) is 22.7 Å². The molecule has 0 spiro atoms. The fourth-order valence-corrected chi connectivity index (χ4v) is 8.17. The van der Waals surface area contributed by atoms with E-state index in [0.29, 0.717) is 27.7 Å². The summed E-state index contributed by atoms with van der Waals surface area (Å²) >= 11 is 19.3. The predicted octanol–water partition coefficient (Wildman–Crippen LogP) is 5.59. The first-order chi connectivity index (χ1) is 11.5. The number of anilines is 1. The normalized spacial score (nSPS) is 11.5. The van der Waals surface area contributed by atoms with E-state index in [-0.39, 0.29) is 0 Å². The molecule has 0 saturated carbocycles. The maximum absolute atomic E-state index is 5.89. The summed E-state index contributed by atoms with van der Waals surface area (Å²) in [5, 5.41) is 13.3. The van der Waals surface area contributed by atoms with E-state index < -0.39 is 5.69 Å². The Morgan fingerprint density at radius 1 is 1.25 bits per heavy atom. The van der Waals surface area contributed by atoms with Gasteiger partial charge in [-0.2, -0.15) is 0 Å². The molecule has 0 aliphatic carbocycles. The topological polar surface area (TPSA) is 56.3 Å². The first-order valence-corrected chi connectivity index (χ1v) is 12.6. The minimum Gasteiger partial charge on any atom is -0.322 e. The van der Waals surface area contributed by atoms with Crippen molar-refractivity contribution in [3.8, 4) is 10.6 Å². The van der Waals surface area contributed by atoms with Gasteiger partial charge in [0, 0.05) is 10.6 Å². The number of hydrogen-bond donors (Lipinski definition) is 1. The maximum Gasteiger partial charge on any atom is 0.254 e. The molecule has 1 heterocycles. The summed E-state index contributed by atoms with van der Waals surface area (Å²) < 4.78 is 11.6. The Balaban J connectivity index is 2.02. The molecule has 0 atom stereocenters. The van der Waals surface area contributed by atoms with Crippen molar-refractivity contribution in [2.24, 2.45) is 0 Å². The summed E-state index contributed by atoms with van der Waals surface area (Å²) in [6, 6.07) is 7.41. The maximum atomic E-state index is 5.89. The van der Waals surface area contributed by atoms with Gasteiger partial charge < -0.3 is 14.4 Å². The molecule has 0 unspecified atom stereocenters. The highest BCUT2D eigenvalue weighted by molar-refractivity contribution is 8.75. The number of thiocarbonyl (C=S) groups is 1. The largest absolute Gasteiger partial charge is 0.322 e. The van der Waals surface area contributed by atoms with Gasteiger partial charge in [0.05, 0.1) is 13.2 Å². The Labute approximate surface area is 164 Å². The second kappa shape index (κ2) is 9.54. The molecule has 0 amide bonds. The van der Waals surface area contributed by atoms with Crippen LogP contribution in [0.3, 0.4) is 0 Å². The molecule has 2 aromatic rings. The molecule has 2 rings (SSSR count). The van der Waals surface area contributed by atoms with E-state index in [1.54, 1.807) is 0 Å². The Morgan fingerprint density at radius 2 is 1.88 bits per heavy atom. The van der Waals surface area contributed by atoms with Gasteiger partial charge in [-0.1, -0.05) is 47.3 Å². The third kappa shape index (κ3) is 6.00. The van der Waals surface area contributed by atoms with Crippen molar-refractivity contribution in [1.29, 1.82) is 0 Å². The van der Waals surface area contributed by atoms with Gasteiger partial charge in [-0.05, 0) is 49.2 Å². The molecular weight excluding hydrogens is 425 g/mol. The van der Waals surface area contributed by atoms with Crippen molar-refractivity contribution in [3.05, 3.63) is 29.3 Å². The fraction of sp³-hybridized carbons (Fsp3) is 0.308. The highest BCUT2D eigenvalue weighted by atomic mass is 35.5. The number of aromatic nitrogens is 2. The number of nitrogens with one attached hydrogen (secondary N) is 1. The van der Waals surface area contributed by atoms with Crippen LogP contribution in [0, 0.1) is 0 Å². The average molecular weight is 440 g/mol. The van der Waals surface area contributed by atoms with E-state index in [4.69, 9.17) is 44.7 Å². The molecule has 0 bridgehead atoms. The van der Waals surface area contributed by atoms with Crippen LogP contribution in [-0.2, 0) is 20.9 Å². The minimum absolute atomic E-state index is 0.457. The zero-order chi connectivity index (χ0) is 17.6. The van der Waals surface area contributed by atoms with Crippen LogP contribution in [0.5, 0.6) is 0 Å². The molecule has 0 aliphatic rings. The van der Waals surface area contributed by atoms with E-state index in [1.807, 2.05) is 38.1 Å². The van der Waals surface area contributed by atoms with E-state index >= 15 is 0 Å². The van der Waals surface area contributed by atoms with Crippen LogP contribution in [0.2, 0.25) is 5.02 Å². The SMILES string of the molecule is CCOP(=S)(OCC)SC(=S)Nc1nnc(-c2ccc(Cl)cc2)s1. The molecule has 11 heteroatoms. The first-order valence-electron chi connectivity index (χ1n) is 6.95. The number of rotatable bonds is 7. The Hall–Kier alpha value is -0.120.